The van der Waals surface area contributed by atoms with E-state index in [0.29, 0.717) is 0 Å². The average molecular weight is 247 g/mol. The fourth-order valence-corrected chi connectivity index (χ4v) is 2.84. The van der Waals surface area contributed by atoms with Gasteiger partial charge in [-0.05, 0) is 44.5 Å². The van der Waals surface area contributed by atoms with Gasteiger partial charge in [0.2, 0.25) is 0 Å². The average Bonchev–Trinajstić information content (AvgIpc) is 2.94. The van der Waals surface area contributed by atoms with E-state index < -0.39 is 0 Å². The molecule has 0 amide bonds. The van der Waals surface area contributed by atoms with Gasteiger partial charge in [0.25, 0.3) is 0 Å². The first-order valence-corrected chi connectivity index (χ1v) is 7.24. The Balaban J connectivity index is 1.84. The van der Waals surface area contributed by atoms with Crippen LogP contribution >= 0.6 is 0 Å². The molecule has 1 aliphatic carbocycles. The second kappa shape index (κ2) is 7.49. The molecule has 2 N–H and O–H groups in total. The van der Waals surface area contributed by atoms with E-state index in [9.17, 15) is 0 Å². The largest absolute Gasteiger partial charge is 0.330 e. The van der Waals surface area contributed by atoms with Gasteiger partial charge in [-0.3, -0.25) is 9.88 Å². The van der Waals surface area contributed by atoms with E-state index in [1.165, 1.54) is 31.4 Å². The Kier molecular flexibility index (Phi) is 5.62. The van der Waals surface area contributed by atoms with Crippen molar-refractivity contribution in [1.29, 1.82) is 0 Å². The van der Waals surface area contributed by atoms with Crippen molar-refractivity contribution >= 4 is 0 Å². The second-order valence-corrected chi connectivity index (χ2v) is 5.19. The summed E-state index contributed by atoms with van der Waals surface area (Å²) in [4.78, 5) is 7.04. The fourth-order valence-electron chi connectivity index (χ4n) is 2.84. The maximum Gasteiger partial charge on any atom is 0.0416 e. The lowest BCUT2D eigenvalue weighted by Crippen LogP contribution is -2.36. The highest BCUT2D eigenvalue weighted by Gasteiger charge is 2.21. The predicted molar refractivity (Wildman–Crippen MR) is 75.4 cm³/mol. The molecule has 0 atom stereocenters. The lowest BCUT2D eigenvalue weighted by molar-refractivity contribution is 0.199. The second-order valence-electron chi connectivity index (χ2n) is 5.19. The van der Waals surface area contributed by atoms with Gasteiger partial charge in [-0.25, -0.2) is 0 Å². The molecule has 1 aromatic rings. The first-order valence-electron chi connectivity index (χ1n) is 7.24. The smallest absolute Gasteiger partial charge is 0.0416 e. The van der Waals surface area contributed by atoms with E-state index >= 15 is 0 Å². The molecule has 0 aliphatic heterocycles. The minimum Gasteiger partial charge on any atom is -0.330 e. The molecule has 0 bridgehead atoms. The molecule has 18 heavy (non-hydrogen) atoms. The summed E-state index contributed by atoms with van der Waals surface area (Å²) in [5, 5.41) is 0. The Hall–Kier alpha value is -0.930. The van der Waals surface area contributed by atoms with E-state index in [1.54, 1.807) is 0 Å². The molecule has 1 aliphatic rings. The molecule has 0 radical (unpaired) electrons. The number of aromatic nitrogens is 1. The van der Waals surface area contributed by atoms with Crippen LogP contribution in [0.15, 0.2) is 24.4 Å². The van der Waals surface area contributed by atoms with Crippen molar-refractivity contribution in [3.05, 3.63) is 30.1 Å². The lowest BCUT2D eigenvalue weighted by atomic mass is 10.1. The van der Waals surface area contributed by atoms with Gasteiger partial charge in [0, 0.05) is 30.9 Å². The Morgan fingerprint density at radius 2 is 2.06 bits per heavy atom. The van der Waals surface area contributed by atoms with E-state index in [1.807, 2.05) is 12.3 Å². The van der Waals surface area contributed by atoms with Crippen LogP contribution in [0, 0.1) is 0 Å². The summed E-state index contributed by atoms with van der Waals surface area (Å²) in [7, 11) is 0. The van der Waals surface area contributed by atoms with Gasteiger partial charge in [0.05, 0.1) is 0 Å². The zero-order valence-electron chi connectivity index (χ0n) is 11.2. The van der Waals surface area contributed by atoms with Crippen LogP contribution in [0.3, 0.4) is 0 Å². The molecular formula is C15H25N3. The van der Waals surface area contributed by atoms with Crippen molar-refractivity contribution in [3.8, 4) is 0 Å². The van der Waals surface area contributed by atoms with Gasteiger partial charge in [-0.1, -0.05) is 18.9 Å². The summed E-state index contributed by atoms with van der Waals surface area (Å²) < 4.78 is 0. The number of hydrogen-bond acceptors (Lipinski definition) is 3. The van der Waals surface area contributed by atoms with Crippen LogP contribution in [0.4, 0.5) is 0 Å². The number of rotatable bonds is 7. The van der Waals surface area contributed by atoms with Gasteiger partial charge in [-0.2, -0.15) is 0 Å². The first kappa shape index (κ1) is 13.5. The van der Waals surface area contributed by atoms with Crippen molar-refractivity contribution in [2.45, 2.75) is 44.6 Å². The molecule has 2 rings (SSSR count). The van der Waals surface area contributed by atoms with E-state index in [2.05, 4.69) is 22.0 Å². The first-order chi connectivity index (χ1) is 8.90. The molecule has 0 unspecified atom stereocenters. The molecule has 3 nitrogen and oxygen atoms in total. The monoisotopic (exact) mass is 247 g/mol. The lowest BCUT2D eigenvalue weighted by Gasteiger charge is -2.28. The third kappa shape index (κ3) is 4.07. The molecule has 1 saturated carbocycles. The van der Waals surface area contributed by atoms with Crippen molar-refractivity contribution in [1.82, 2.24) is 9.88 Å². The van der Waals surface area contributed by atoms with E-state index in [-0.39, 0.29) is 0 Å². The zero-order chi connectivity index (χ0) is 12.6. The van der Waals surface area contributed by atoms with Gasteiger partial charge in [0.15, 0.2) is 0 Å². The van der Waals surface area contributed by atoms with E-state index in [0.717, 1.165) is 38.5 Å². The molecular weight excluding hydrogens is 222 g/mol. The molecule has 0 aromatic carbocycles. The van der Waals surface area contributed by atoms with Gasteiger partial charge in [0.1, 0.15) is 0 Å². The molecule has 0 spiro atoms. The molecule has 1 heterocycles. The third-order valence-corrected chi connectivity index (χ3v) is 3.87. The summed E-state index contributed by atoms with van der Waals surface area (Å²) in [6.45, 7) is 3.07. The summed E-state index contributed by atoms with van der Waals surface area (Å²) in [6, 6.07) is 6.96. The SMILES string of the molecule is NCCCN(CCc1ccccn1)C1CCCC1. The number of hydrogen-bond donors (Lipinski definition) is 1. The third-order valence-electron chi connectivity index (χ3n) is 3.87. The number of nitrogens with two attached hydrogens (primary N) is 1. The van der Waals surface area contributed by atoms with Crippen LogP contribution in [0.2, 0.25) is 0 Å². The molecule has 1 fully saturated rings. The fraction of sp³-hybridized carbons (Fsp3) is 0.667. The number of pyridine rings is 1. The maximum atomic E-state index is 5.64. The van der Waals surface area contributed by atoms with Crippen molar-refractivity contribution in [3.63, 3.8) is 0 Å². The topological polar surface area (TPSA) is 42.1 Å². The van der Waals surface area contributed by atoms with Crippen LogP contribution in [0.1, 0.15) is 37.8 Å². The van der Waals surface area contributed by atoms with E-state index in [4.69, 9.17) is 5.73 Å². The van der Waals surface area contributed by atoms with Crippen LogP contribution in [-0.2, 0) is 6.42 Å². The zero-order valence-corrected chi connectivity index (χ0v) is 11.2. The Morgan fingerprint density at radius 3 is 2.72 bits per heavy atom. The van der Waals surface area contributed by atoms with Crippen LogP contribution in [-0.4, -0.2) is 35.6 Å². The predicted octanol–water partition coefficient (Wildman–Crippen LogP) is 2.22. The summed E-state index contributed by atoms with van der Waals surface area (Å²) in [5.41, 5.74) is 6.85. The summed E-state index contributed by atoms with van der Waals surface area (Å²) in [5.74, 6) is 0. The highest BCUT2D eigenvalue weighted by Crippen LogP contribution is 2.23. The highest BCUT2D eigenvalue weighted by molar-refractivity contribution is 5.03. The molecule has 1 aromatic heterocycles. The van der Waals surface area contributed by atoms with Crippen molar-refractivity contribution < 1.29 is 0 Å². The quantitative estimate of drug-likeness (QED) is 0.803. The van der Waals surface area contributed by atoms with Crippen LogP contribution in [0.5, 0.6) is 0 Å². The highest BCUT2D eigenvalue weighted by atomic mass is 15.2. The maximum absolute atomic E-state index is 5.64. The summed E-state index contributed by atoms with van der Waals surface area (Å²) in [6.07, 6.45) is 9.58. The molecule has 3 heteroatoms. The van der Waals surface area contributed by atoms with Crippen molar-refractivity contribution in [2.75, 3.05) is 19.6 Å². The van der Waals surface area contributed by atoms with Gasteiger partial charge in [-0.15, -0.1) is 0 Å². The summed E-state index contributed by atoms with van der Waals surface area (Å²) >= 11 is 0. The molecule has 0 saturated heterocycles. The molecule has 100 valence electrons. The Bertz CT molecular complexity index is 320. The van der Waals surface area contributed by atoms with Crippen LogP contribution < -0.4 is 5.73 Å². The Morgan fingerprint density at radius 1 is 1.22 bits per heavy atom. The minimum atomic E-state index is 0.792. The normalized spacial score (nSPS) is 16.6. The van der Waals surface area contributed by atoms with Crippen molar-refractivity contribution in [2.24, 2.45) is 5.73 Å². The number of nitrogens with zero attached hydrogens (tertiary/aromatic N) is 2. The van der Waals surface area contributed by atoms with Gasteiger partial charge >= 0.3 is 0 Å². The minimum absolute atomic E-state index is 0.792. The van der Waals surface area contributed by atoms with Crippen LogP contribution in [0.25, 0.3) is 0 Å². The Labute approximate surface area is 110 Å². The van der Waals surface area contributed by atoms with Gasteiger partial charge < -0.3 is 5.73 Å². The standard InChI is InChI=1S/C15H25N3/c16-10-5-12-18(15-7-1-2-8-15)13-9-14-6-3-4-11-17-14/h3-4,6,11,15H,1-2,5,7-10,12-13,16H2.